The molecule has 0 aliphatic rings. The van der Waals surface area contributed by atoms with Crippen LogP contribution in [0, 0.1) is 0 Å². The number of nitrogens with zero attached hydrogens (tertiary/aromatic N) is 3. The molecule has 39 heavy (non-hydrogen) atoms. The second-order valence-corrected chi connectivity index (χ2v) is 9.16. The molecule has 0 atom stereocenters. The van der Waals surface area contributed by atoms with Crippen LogP contribution < -0.4 is 5.32 Å². The smallest absolute Gasteiger partial charge is 0.416 e. The lowest BCUT2D eigenvalue weighted by atomic mass is 10.0. The van der Waals surface area contributed by atoms with Gasteiger partial charge in [-0.05, 0) is 59.7 Å². The van der Waals surface area contributed by atoms with Gasteiger partial charge in [-0.1, -0.05) is 24.3 Å². The summed E-state index contributed by atoms with van der Waals surface area (Å²) < 4.78 is 42.5. The molecule has 0 aliphatic carbocycles. The van der Waals surface area contributed by atoms with Gasteiger partial charge in [-0.2, -0.15) is 18.3 Å². The van der Waals surface area contributed by atoms with Crippen molar-refractivity contribution in [2.45, 2.75) is 19.3 Å². The van der Waals surface area contributed by atoms with Gasteiger partial charge in [-0.15, -0.1) is 0 Å². The fourth-order valence-corrected chi connectivity index (χ4v) is 4.41. The molecule has 0 bridgehead atoms. The van der Waals surface area contributed by atoms with E-state index in [1.807, 2.05) is 22.8 Å². The maximum atomic E-state index is 13.5. The zero-order valence-corrected chi connectivity index (χ0v) is 20.7. The molecule has 0 radical (unpaired) electrons. The molecule has 2 heterocycles. The molecule has 0 spiro atoms. The van der Waals surface area contributed by atoms with Crippen LogP contribution in [-0.4, -0.2) is 31.3 Å². The lowest BCUT2D eigenvalue weighted by Crippen LogP contribution is -2.23. The van der Waals surface area contributed by atoms with E-state index in [4.69, 9.17) is 5.11 Å². The van der Waals surface area contributed by atoms with Crippen molar-refractivity contribution in [3.05, 3.63) is 113 Å². The molecule has 0 unspecified atom stereocenters. The maximum absolute atomic E-state index is 13.5. The van der Waals surface area contributed by atoms with Crippen LogP contribution in [0.4, 0.5) is 13.2 Å². The van der Waals surface area contributed by atoms with Crippen LogP contribution in [0.15, 0.2) is 85.2 Å². The van der Waals surface area contributed by atoms with E-state index in [-0.39, 0.29) is 24.6 Å². The summed E-state index contributed by atoms with van der Waals surface area (Å²) >= 11 is 0. The first-order chi connectivity index (χ1) is 18.6. The summed E-state index contributed by atoms with van der Waals surface area (Å²) in [6.45, 7) is 0.440. The summed E-state index contributed by atoms with van der Waals surface area (Å²) in [5.74, 6) is -1.39. The monoisotopic (exact) mass is 532 g/mol. The number of carboxylic acids is 1. The van der Waals surface area contributed by atoms with Crippen molar-refractivity contribution in [3.63, 3.8) is 0 Å². The Morgan fingerprint density at radius 2 is 1.62 bits per heavy atom. The van der Waals surface area contributed by atoms with E-state index in [1.54, 1.807) is 42.3 Å². The second kappa shape index (κ2) is 10.1. The number of carbonyl (C=O) groups excluding carboxylic acids is 1. The number of benzene rings is 3. The fraction of sp³-hybridized carbons (Fsp3) is 0.138. The molecule has 0 fully saturated rings. The van der Waals surface area contributed by atoms with E-state index in [9.17, 15) is 22.8 Å². The van der Waals surface area contributed by atoms with Gasteiger partial charge in [0, 0.05) is 43.5 Å². The van der Waals surface area contributed by atoms with E-state index < -0.39 is 17.7 Å². The number of nitrogens with one attached hydrogen (secondary N) is 1. The van der Waals surface area contributed by atoms with Gasteiger partial charge in [0.1, 0.15) is 0 Å². The van der Waals surface area contributed by atoms with Crippen molar-refractivity contribution in [3.8, 4) is 11.3 Å². The molecule has 2 N–H and O–H groups in total. The van der Waals surface area contributed by atoms with Crippen LogP contribution in [0.1, 0.15) is 37.4 Å². The predicted octanol–water partition coefficient (Wildman–Crippen LogP) is 5.74. The molecule has 1 amide bonds. The Labute approximate surface area is 221 Å². The van der Waals surface area contributed by atoms with Gasteiger partial charge in [0.05, 0.1) is 27.9 Å². The molecular weight excluding hydrogens is 509 g/mol. The van der Waals surface area contributed by atoms with Crippen molar-refractivity contribution in [1.82, 2.24) is 19.7 Å². The highest BCUT2D eigenvalue weighted by molar-refractivity contribution is 6.07. The lowest BCUT2D eigenvalue weighted by molar-refractivity contribution is -0.137. The molecular formula is C29H23F3N4O3. The van der Waals surface area contributed by atoms with Gasteiger partial charge >= 0.3 is 12.1 Å². The molecule has 2 aromatic heterocycles. The van der Waals surface area contributed by atoms with Gasteiger partial charge in [0.25, 0.3) is 5.91 Å². The Bertz CT molecular complexity index is 1670. The van der Waals surface area contributed by atoms with Crippen LogP contribution in [0.25, 0.3) is 22.2 Å². The summed E-state index contributed by atoms with van der Waals surface area (Å²) in [5, 5.41) is 17.2. The largest absolute Gasteiger partial charge is 0.478 e. The number of carboxylic acid groups (broad SMARTS) is 1. The summed E-state index contributed by atoms with van der Waals surface area (Å²) in [6.07, 6.45) is -0.818. The number of rotatable bonds is 7. The van der Waals surface area contributed by atoms with E-state index in [1.165, 1.54) is 24.3 Å². The predicted molar refractivity (Wildman–Crippen MR) is 139 cm³/mol. The first-order valence-electron chi connectivity index (χ1n) is 12.0. The number of hydrogen-bond acceptors (Lipinski definition) is 3. The molecule has 3 aromatic carbocycles. The Balaban J connectivity index is 1.49. The summed E-state index contributed by atoms with van der Waals surface area (Å²) in [5.41, 5.74) is 3.25. The van der Waals surface area contributed by atoms with E-state index in [0.717, 1.165) is 28.6 Å². The average molecular weight is 533 g/mol. The van der Waals surface area contributed by atoms with Crippen LogP contribution in [0.2, 0.25) is 0 Å². The Morgan fingerprint density at radius 3 is 2.23 bits per heavy atom. The number of carbonyl (C=O) groups is 2. The molecule has 0 saturated carbocycles. The minimum absolute atomic E-state index is 0.149. The molecule has 5 aromatic rings. The number of aromatic carboxylic acids is 1. The molecule has 5 rings (SSSR count). The highest BCUT2D eigenvalue weighted by Gasteiger charge is 2.30. The van der Waals surface area contributed by atoms with Gasteiger partial charge in [0.2, 0.25) is 0 Å². The summed E-state index contributed by atoms with van der Waals surface area (Å²) in [7, 11) is 1.80. The first kappa shape index (κ1) is 25.8. The van der Waals surface area contributed by atoms with Crippen molar-refractivity contribution in [2.75, 3.05) is 0 Å². The second-order valence-electron chi connectivity index (χ2n) is 9.16. The number of aryl methyl sites for hydroxylation is 1. The minimum Gasteiger partial charge on any atom is -0.478 e. The number of amides is 1. The third kappa shape index (κ3) is 5.54. The quantitative estimate of drug-likeness (QED) is 0.280. The molecule has 10 heteroatoms. The van der Waals surface area contributed by atoms with Crippen molar-refractivity contribution < 1.29 is 27.9 Å². The highest BCUT2D eigenvalue weighted by atomic mass is 19.4. The first-order valence-corrected chi connectivity index (χ1v) is 12.0. The van der Waals surface area contributed by atoms with Gasteiger partial charge in [-0.25, -0.2) is 4.79 Å². The standard InChI is InChI=1S/C29H23F3N4O3/c1-35-12-11-25(34-35)22-14-21-10-13-36(17-19-4-8-23(9-5-19)29(30,31)32)26(21)24(15-22)27(37)33-16-18-2-6-20(7-3-18)28(38)39/h2-15H,16-17H2,1H3,(H,33,37)(H,38,39). The SMILES string of the molecule is Cn1ccc(-c2cc(C(=O)NCc3ccc(C(=O)O)cc3)c3c(ccn3Cc3ccc(C(F)(F)F)cc3)c2)n1. The number of hydrogen-bond donors (Lipinski definition) is 2. The zero-order valence-electron chi connectivity index (χ0n) is 20.7. The Kier molecular flexibility index (Phi) is 6.69. The van der Waals surface area contributed by atoms with Gasteiger partial charge in [0.15, 0.2) is 0 Å². The van der Waals surface area contributed by atoms with Crippen molar-refractivity contribution in [1.29, 1.82) is 0 Å². The number of halogens is 3. The van der Waals surface area contributed by atoms with Crippen LogP contribution in [0.5, 0.6) is 0 Å². The van der Waals surface area contributed by atoms with E-state index in [0.29, 0.717) is 22.3 Å². The molecule has 198 valence electrons. The molecule has 0 aliphatic heterocycles. The normalized spacial score (nSPS) is 11.6. The zero-order chi connectivity index (χ0) is 27.7. The van der Waals surface area contributed by atoms with Crippen molar-refractivity contribution >= 4 is 22.8 Å². The van der Waals surface area contributed by atoms with Crippen molar-refractivity contribution in [2.24, 2.45) is 7.05 Å². The lowest BCUT2D eigenvalue weighted by Gasteiger charge is -2.13. The van der Waals surface area contributed by atoms with Gasteiger partial charge in [-0.3, -0.25) is 9.48 Å². The fourth-order valence-electron chi connectivity index (χ4n) is 4.41. The van der Waals surface area contributed by atoms with Crippen LogP contribution in [0.3, 0.4) is 0 Å². The number of alkyl halides is 3. The third-order valence-electron chi connectivity index (χ3n) is 6.40. The Morgan fingerprint density at radius 1 is 0.923 bits per heavy atom. The number of aromatic nitrogens is 3. The highest BCUT2D eigenvalue weighted by Crippen LogP contribution is 2.31. The number of fused-ring (bicyclic) bond motifs is 1. The van der Waals surface area contributed by atoms with Crippen LogP contribution in [-0.2, 0) is 26.3 Å². The third-order valence-corrected chi connectivity index (χ3v) is 6.40. The maximum Gasteiger partial charge on any atom is 0.416 e. The minimum atomic E-state index is -4.42. The van der Waals surface area contributed by atoms with Gasteiger partial charge < -0.3 is 15.0 Å². The van der Waals surface area contributed by atoms with E-state index >= 15 is 0 Å². The average Bonchev–Trinajstić information content (AvgIpc) is 3.53. The summed E-state index contributed by atoms with van der Waals surface area (Å²) in [4.78, 5) is 24.6. The molecule has 7 nitrogen and oxygen atoms in total. The van der Waals surface area contributed by atoms with E-state index in [2.05, 4.69) is 10.4 Å². The summed E-state index contributed by atoms with van der Waals surface area (Å²) in [6, 6.07) is 18.5. The van der Waals surface area contributed by atoms with Crippen LogP contribution >= 0.6 is 0 Å². The molecule has 0 saturated heterocycles. The topological polar surface area (TPSA) is 89.1 Å². The Hall–Kier alpha value is -4.86.